The number of aromatic nitrogens is 3. The van der Waals surface area contributed by atoms with Gasteiger partial charge in [0.2, 0.25) is 0 Å². The summed E-state index contributed by atoms with van der Waals surface area (Å²) < 4.78 is 8.80. The van der Waals surface area contributed by atoms with E-state index in [0.717, 1.165) is 67.4 Å². The minimum absolute atomic E-state index is 0.682. The van der Waals surface area contributed by atoms with Crippen LogP contribution >= 0.6 is 0 Å². The first kappa shape index (κ1) is 22.5. The Bertz CT molecular complexity index is 1970. The fourth-order valence-corrected chi connectivity index (χ4v) is 5.66. The van der Waals surface area contributed by atoms with Crippen molar-refractivity contribution in [2.24, 2.45) is 0 Å². The summed E-state index contributed by atoms with van der Waals surface area (Å²) in [7, 11) is 0. The van der Waals surface area contributed by atoms with E-state index in [0.29, 0.717) is 5.82 Å². The molecule has 4 nitrogen and oxygen atoms in total. The Labute approximate surface area is 231 Å². The van der Waals surface area contributed by atoms with Crippen LogP contribution in [0.25, 0.3) is 61.8 Å². The third kappa shape index (κ3) is 3.54. The molecule has 4 heteroatoms. The highest BCUT2D eigenvalue weighted by Crippen LogP contribution is 2.51. The van der Waals surface area contributed by atoms with Crippen molar-refractivity contribution in [3.8, 4) is 62.3 Å². The normalized spacial score (nSPS) is 11.7. The number of nitrogens with zero attached hydrogens (tertiary/aromatic N) is 3. The van der Waals surface area contributed by atoms with Crippen LogP contribution in [0.15, 0.2) is 140 Å². The predicted molar refractivity (Wildman–Crippen MR) is 161 cm³/mol. The van der Waals surface area contributed by atoms with Gasteiger partial charge in [0.15, 0.2) is 5.82 Å². The Balaban J connectivity index is 1.52. The van der Waals surface area contributed by atoms with Gasteiger partial charge in [-0.1, -0.05) is 109 Å². The van der Waals surface area contributed by atoms with Gasteiger partial charge in [-0.05, 0) is 24.3 Å². The van der Waals surface area contributed by atoms with Crippen LogP contribution in [-0.4, -0.2) is 14.5 Å². The maximum atomic E-state index is 6.52. The lowest BCUT2D eigenvalue weighted by molar-refractivity contribution is 0.487. The molecule has 8 rings (SSSR count). The highest BCUT2D eigenvalue weighted by molar-refractivity contribution is 6.08. The lowest BCUT2D eigenvalue weighted by Crippen LogP contribution is -2.04. The van der Waals surface area contributed by atoms with Crippen LogP contribution in [-0.2, 0) is 0 Å². The molecule has 2 aromatic heterocycles. The number of hydrogen-bond acceptors (Lipinski definition) is 3. The van der Waals surface area contributed by atoms with E-state index < -0.39 is 0 Å². The van der Waals surface area contributed by atoms with Crippen molar-refractivity contribution in [1.29, 1.82) is 0 Å². The van der Waals surface area contributed by atoms with Crippen molar-refractivity contribution in [2.75, 3.05) is 0 Å². The molecule has 40 heavy (non-hydrogen) atoms. The third-order valence-corrected chi connectivity index (χ3v) is 7.44. The topological polar surface area (TPSA) is 39.9 Å². The van der Waals surface area contributed by atoms with E-state index >= 15 is 0 Å². The molecule has 5 aromatic carbocycles. The molecule has 0 amide bonds. The second-order valence-corrected chi connectivity index (χ2v) is 9.84. The molecule has 1 aliphatic rings. The third-order valence-electron chi connectivity index (χ3n) is 7.44. The molecule has 0 spiro atoms. The predicted octanol–water partition coefficient (Wildman–Crippen LogP) is 9.19. The largest absolute Gasteiger partial charge is 0.456 e. The van der Waals surface area contributed by atoms with Gasteiger partial charge in [0, 0.05) is 39.3 Å². The Morgan fingerprint density at radius 2 is 1.12 bits per heavy atom. The Kier molecular flexibility index (Phi) is 5.10. The zero-order chi connectivity index (χ0) is 26.5. The molecule has 0 fully saturated rings. The molecule has 0 saturated heterocycles. The minimum Gasteiger partial charge on any atom is -0.456 e. The SMILES string of the molecule is c1ccc(-c2cc(-n3c4c(c5ccccc53)-c3ccccc3Oc3ccccc3-4)nc(-c3ccccc3)n2)cc1. The Morgan fingerprint density at radius 3 is 1.90 bits per heavy atom. The van der Waals surface area contributed by atoms with Crippen molar-refractivity contribution >= 4 is 10.9 Å². The van der Waals surface area contributed by atoms with E-state index in [9.17, 15) is 0 Å². The van der Waals surface area contributed by atoms with Gasteiger partial charge in [0.1, 0.15) is 17.3 Å². The molecule has 0 atom stereocenters. The molecule has 0 aliphatic carbocycles. The summed E-state index contributed by atoms with van der Waals surface area (Å²) in [6.45, 7) is 0. The molecule has 0 N–H and O–H groups in total. The zero-order valence-corrected chi connectivity index (χ0v) is 21.5. The fourth-order valence-electron chi connectivity index (χ4n) is 5.66. The van der Waals surface area contributed by atoms with Crippen molar-refractivity contribution in [3.63, 3.8) is 0 Å². The van der Waals surface area contributed by atoms with Crippen LogP contribution in [0, 0.1) is 0 Å². The number of ether oxygens (including phenoxy) is 1. The average molecular weight is 514 g/mol. The molecule has 0 unspecified atom stereocenters. The number of fused-ring (bicyclic) bond motifs is 7. The van der Waals surface area contributed by atoms with Gasteiger partial charge >= 0.3 is 0 Å². The smallest absolute Gasteiger partial charge is 0.162 e. The van der Waals surface area contributed by atoms with Crippen LogP contribution in [0.3, 0.4) is 0 Å². The summed E-state index contributed by atoms with van der Waals surface area (Å²) in [5, 5.41) is 1.14. The first-order chi connectivity index (χ1) is 19.8. The molecule has 0 bridgehead atoms. The van der Waals surface area contributed by atoms with E-state index in [1.807, 2.05) is 60.7 Å². The maximum Gasteiger partial charge on any atom is 0.162 e. The lowest BCUT2D eigenvalue weighted by atomic mass is 9.98. The van der Waals surface area contributed by atoms with Gasteiger partial charge < -0.3 is 4.74 Å². The quantitative estimate of drug-likeness (QED) is 0.236. The molecule has 188 valence electrons. The van der Waals surface area contributed by atoms with Gasteiger partial charge in [0.05, 0.1) is 16.9 Å². The average Bonchev–Trinajstić information content (AvgIpc) is 3.29. The first-order valence-corrected chi connectivity index (χ1v) is 13.4. The second kappa shape index (κ2) is 9.07. The van der Waals surface area contributed by atoms with Gasteiger partial charge in [-0.3, -0.25) is 4.57 Å². The van der Waals surface area contributed by atoms with E-state index in [-0.39, 0.29) is 0 Å². The second-order valence-electron chi connectivity index (χ2n) is 9.84. The molecule has 1 aliphatic heterocycles. The van der Waals surface area contributed by atoms with E-state index in [2.05, 4.69) is 83.4 Å². The van der Waals surface area contributed by atoms with Crippen LogP contribution < -0.4 is 4.74 Å². The summed E-state index contributed by atoms with van der Waals surface area (Å²) in [6, 6.07) is 47.6. The lowest BCUT2D eigenvalue weighted by Gasteiger charge is -2.15. The van der Waals surface area contributed by atoms with Gasteiger partial charge in [0.25, 0.3) is 0 Å². The van der Waals surface area contributed by atoms with E-state index in [1.165, 1.54) is 0 Å². The first-order valence-electron chi connectivity index (χ1n) is 13.4. The van der Waals surface area contributed by atoms with Crippen molar-refractivity contribution in [3.05, 3.63) is 140 Å². The minimum atomic E-state index is 0.682. The van der Waals surface area contributed by atoms with Crippen molar-refractivity contribution < 1.29 is 4.74 Å². The summed E-state index contributed by atoms with van der Waals surface area (Å²) in [4.78, 5) is 10.2. The van der Waals surface area contributed by atoms with Gasteiger partial charge in [-0.15, -0.1) is 0 Å². The Hall–Kier alpha value is -5.48. The fraction of sp³-hybridized carbons (Fsp3) is 0. The number of rotatable bonds is 3. The van der Waals surface area contributed by atoms with Gasteiger partial charge in [-0.2, -0.15) is 0 Å². The number of benzene rings is 5. The summed E-state index contributed by atoms with van der Waals surface area (Å²) in [6.07, 6.45) is 0. The maximum absolute atomic E-state index is 6.52. The number of para-hydroxylation sites is 3. The monoisotopic (exact) mass is 513 g/mol. The molecular weight excluding hydrogens is 490 g/mol. The van der Waals surface area contributed by atoms with Crippen LogP contribution in [0.4, 0.5) is 0 Å². The molecule has 7 aromatic rings. The zero-order valence-electron chi connectivity index (χ0n) is 21.5. The Morgan fingerprint density at radius 1 is 0.525 bits per heavy atom. The molecule has 0 radical (unpaired) electrons. The van der Waals surface area contributed by atoms with E-state index in [1.54, 1.807) is 0 Å². The van der Waals surface area contributed by atoms with Crippen LogP contribution in [0.1, 0.15) is 0 Å². The van der Waals surface area contributed by atoms with Crippen molar-refractivity contribution in [2.45, 2.75) is 0 Å². The summed E-state index contributed by atoms with van der Waals surface area (Å²) in [5.41, 5.74) is 8.23. The van der Waals surface area contributed by atoms with Crippen LogP contribution in [0.2, 0.25) is 0 Å². The summed E-state index contributed by atoms with van der Waals surface area (Å²) >= 11 is 0. The summed E-state index contributed by atoms with van der Waals surface area (Å²) in [5.74, 6) is 3.15. The van der Waals surface area contributed by atoms with Gasteiger partial charge in [-0.25, -0.2) is 9.97 Å². The molecule has 0 saturated carbocycles. The highest BCUT2D eigenvalue weighted by atomic mass is 16.5. The van der Waals surface area contributed by atoms with Crippen LogP contribution in [0.5, 0.6) is 11.5 Å². The number of hydrogen-bond donors (Lipinski definition) is 0. The highest BCUT2D eigenvalue weighted by Gasteiger charge is 2.28. The molecule has 3 heterocycles. The standard InChI is InChI=1S/C36H23N3O/c1-3-13-24(14-4-1)29-23-33(38-36(37-29)25-15-5-2-6-16-25)39-30-20-10-7-17-26(30)34-27-18-8-11-21-31(27)40-32-22-12-9-19-28(32)35(34)39/h1-23H. The van der Waals surface area contributed by atoms with E-state index in [4.69, 9.17) is 14.7 Å². The molecular formula is C36H23N3O. The van der Waals surface area contributed by atoms with Crippen molar-refractivity contribution in [1.82, 2.24) is 14.5 Å².